The second-order valence-electron chi connectivity index (χ2n) is 4.33. The minimum Gasteiger partial charge on any atom is -0.395 e. The zero-order valence-electron chi connectivity index (χ0n) is 9.93. The van der Waals surface area contributed by atoms with Gasteiger partial charge in [-0.25, -0.2) is 0 Å². The van der Waals surface area contributed by atoms with Crippen molar-refractivity contribution in [3.05, 3.63) is 16.9 Å². The Morgan fingerprint density at radius 1 is 1.12 bits per heavy atom. The molecule has 17 heavy (non-hydrogen) atoms. The van der Waals surface area contributed by atoms with E-state index >= 15 is 0 Å². The average molecular weight is 303 g/mol. The van der Waals surface area contributed by atoms with E-state index in [4.69, 9.17) is 5.11 Å². The summed E-state index contributed by atoms with van der Waals surface area (Å²) < 4.78 is 3.00. The summed E-state index contributed by atoms with van der Waals surface area (Å²) in [6.07, 6.45) is 3.82. The maximum absolute atomic E-state index is 8.87. The minimum atomic E-state index is 0.265. The molecule has 1 aliphatic heterocycles. The van der Waals surface area contributed by atoms with Crippen LogP contribution in [0.25, 0.3) is 0 Å². The van der Waals surface area contributed by atoms with Crippen LogP contribution in [0.3, 0.4) is 0 Å². The first-order chi connectivity index (χ1) is 8.28. The van der Waals surface area contributed by atoms with Crippen LogP contribution >= 0.6 is 15.9 Å². The highest BCUT2D eigenvalue weighted by Crippen LogP contribution is 2.07. The molecule has 1 aliphatic rings. The van der Waals surface area contributed by atoms with Gasteiger partial charge in [0.05, 0.1) is 23.8 Å². The van der Waals surface area contributed by atoms with Crippen molar-refractivity contribution in [1.29, 1.82) is 0 Å². The zero-order chi connectivity index (χ0) is 12.1. The van der Waals surface area contributed by atoms with Crippen LogP contribution < -0.4 is 0 Å². The third-order valence-electron chi connectivity index (χ3n) is 3.13. The molecule has 2 rings (SSSR count). The van der Waals surface area contributed by atoms with Crippen molar-refractivity contribution in [3.8, 4) is 0 Å². The summed E-state index contributed by atoms with van der Waals surface area (Å²) in [4.78, 5) is 4.75. The molecule has 1 fully saturated rings. The van der Waals surface area contributed by atoms with Gasteiger partial charge in [0.1, 0.15) is 0 Å². The lowest BCUT2D eigenvalue weighted by molar-refractivity contribution is 0.109. The smallest absolute Gasteiger partial charge is 0.0632 e. The highest BCUT2D eigenvalue weighted by Gasteiger charge is 2.15. The van der Waals surface area contributed by atoms with Crippen molar-refractivity contribution in [2.24, 2.45) is 0 Å². The van der Waals surface area contributed by atoms with Crippen LogP contribution in [0.15, 0.2) is 16.9 Å². The molecule has 0 radical (unpaired) electrons. The van der Waals surface area contributed by atoms with E-state index in [1.54, 1.807) is 0 Å². The van der Waals surface area contributed by atoms with E-state index in [-0.39, 0.29) is 6.61 Å². The van der Waals surface area contributed by atoms with Crippen LogP contribution in [0, 0.1) is 0 Å². The quantitative estimate of drug-likeness (QED) is 0.847. The molecule has 2 heterocycles. The molecular weight excluding hydrogens is 284 g/mol. The van der Waals surface area contributed by atoms with Gasteiger partial charge in [-0.15, -0.1) is 0 Å². The Kier molecular flexibility index (Phi) is 4.97. The molecule has 0 spiro atoms. The maximum Gasteiger partial charge on any atom is 0.0632 e. The monoisotopic (exact) mass is 302 g/mol. The number of piperazine rings is 1. The molecule has 0 aromatic carbocycles. The molecule has 1 aromatic rings. The third-order valence-corrected chi connectivity index (χ3v) is 3.54. The molecule has 1 saturated heterocycles. The fourth-order valence-electron chi connectivity index (χ4n) is 2.08. The number of nitrogens with zero attached hydrogens (tertiary/aromatic N) is 4. The summed E-state index contributed by atoms with van der Waals surface area (Å²) in [5, 5.41) is 13.1. The predicted molar refractivity (Wildman–Crippen MR) is 69.9 cm³/mol. The van der Waals surface area contributed by atoms with E-state index in [2.05, 4.69) is 30.8 Å². The van der Waals surface area contributed by atoms with Crippen molar-refractivity contribution in [1.82, 2.24) is 19.6 Å². The van der Waals surface area contributed by atoms with Gasteiger partial charge < -0.3 is 5.11 Å². The highest BCUT2D eigenvalue weighted by atomic mass is 79.9. The Morgan fingerprint density at radius 2 is 1.76 bits per heavy atom. The minimum absolute atomic E-state index is 0.265. The number of hydrogen-bond donors (Lipinski definition) is 1. The highest BCUT2D eigenvalue weighted by molar-refractivity contribution is 9.10. The Labute approximate surface area is 110 Å². The number of aliphatic hydroxyl groups excluding tert-OH is 1. The van der Waals surface area contributed by atoms with Gasteiger partial charge in [-0.2, -0.15) is 5.10 Å². The Morgan fingerprint density at radius 3 is 2.29 bits per heavy atom. The lowest BCUT2D eigenvalue weighted by Crippen LogP contribution is -2.47. The third kappa shape index (κ3) is 4.06. The van der Waals surface area contributed by atoms with Crippen molar-refractivity contribution < 1.29 is 5.11 Å². The first kappa shape index (κ1) is 13.0. The Hall–Kier alpha value is -0.430. The number of halogens is 1. The average Bonchev–Trinajstić information content (AvgIpc) is 2.75. The van der Waals surface area contributed by atoms with Crippen molar-refractivity contribution in [3.63, 3.8) is 0 Å². The lowest BCUT2D eigenvalue weighted by Gasteiger charge is -2.34. The van der Waals surface area contributed by atoms with E-state index < -0.39 is 0 Å². The molecule has 1 aromatic heterocycles. The second kappa shape index (κ2) is 6.49. The summed E-state index contributed by atoms with van der Waals surface area (Å²) in [5.74, 6) is 0. The number of β-amino-alcohol motifs (C(OH)–C–C–N with tert-alkyl or cyclic N) is 1. The largest absolute Gasteiger partial charge is 0.395 e. The van der Waals surface area contributed by atoms with Gasteiger partial charge in [0.2, 0.25) is 0 Å². The molecule has 0 atom stereocenters. The first-order valence-electron chi connectivity index (χ1n) is 6.01. The summed E-state index contributed by atoms with van der Waals surface area (Å²) in [5.41, 5.74) is 0. The van der Waals surface area contributed by atoms with Gasteiger partial charge >= 0.3 is 0 Å². The second-order valence-corrected chi connectivity index (χ2v) is 5.24. The van der Waals surface area contributed by atoms with Gasteiger partial charge in [0, 0.05) is 45.5 Å². The van der Waals surface area contributed by atoms with E-state index in [9.17, 15) is 0 Å². The predicted octanol–water partition coefficient (Wildman–Crippen LogP) is 0.256. The molecule has 1 N–H and O–H groups in total. The van der Waals surface area contributed by atoms with E-state index in [0.29, 0.717) is 0 Å². The SMILES string of the molecule is OCCN1CCN(CCn2cc(Br)cn2)CC1. The lowest BCUT2D eigenvalue weighted by atomic mass is 10.3. The van der Waals surface area contributed by atoms with E-state index in [1.165, 1.54) is 0 Å². The Balaban J connectivity index is 1.68. The fourth-order valence-corrected chi connectivity index (χ4v) is 2.41. The number of aromatic nitrogens is 2. The summed E-state index contributed by atoms with van der Waals surface area (Å²) in [6, 6.07) is 0. The molecule has 0 aliphatic carbocycles. The summed E-state index contributed by atoms with van der Waals surface area (Å²) in [6.45, 7) is 7.34. The van der Waals surface area contributed by atoms with Crippen LogP contribution in [-0.2, 0) is 6.54 Å². The number of hydrogen-bond acceptors (Lipinski definition) is 4. The molecule has 0 saturated carbocycles. The van der Waals surface area contributed by atoms with Crippen LogP contribution in [0.1, 0.15) is 0 Å². The summed E-state index contributed by atoms with van der Waals surface area (Å²) in [7, 11) is 0. The normalized spacial score (nSPS) is 18.7. The zero-order valence-corrected chi connectivity index (χ0v) is 11.5. The van der Waals surface area contributed by atoms with Crippen LogP contribution in [0.5, 0.6) is 0 Å². The standard InChI is InChI=1S/C11H19BrN4O/c12-11-9-13-16(10-11)6-5-14-1-3-15(4-2-14)7-8-17/h9-10,17H,1-8H2. The van der Waals surface area contributed by atoms with Crippen molar-refractivity contribution in [2.45, 2.75) is 6.54 Å². The van der Waals surface area contributed by atoms with Gasteiger partial charge in [-0.05, 0) is 15.9 Å². The Bertz CT molecular complexity index is 336. The van der Waals surface area contributed by atoms with Crippen LogP contribution in [0.4, 0.5) is 0 Å². The number of rotatable bonds is 5. The van der Waals surface area contributed by atoms with E-state index in [0.717, 1.165) is 50.3 Å². The van der Waals surface area contributed by atoms with Crippen molar-refractivity contribution >= 4 is 15.9 Å². The number of aliphatic hydroxyl groups is 1. The van der Waals surface area contributed by atoms with Crippen molar-refractivity contribution in [2.75, 3.05) is 45.9 Å². The fraction of sp³-hybridized carbons (Fsp3) is 0.727. The van der Waals surface area contributed by atoms with Gasteiger partial charge in [-0.3, -0.25) is 14.5 Å². The van der Waals surface area contributed by atoms with Gasteiger partial charge in [-0.1, -0.05) is 0 Å². The van der Waals surface area contributed by atoms with Gasteiger partial charge in [0.25, 0.3) is 0 Å². The molecule has 96 valence electrons. The summed E-state index contributed by atoms with van der Waals surface area (Å²) >= 11 is 3.40. The van der Waals surface area contributed by atoms with Crippen LogP contribution in [0.2, 0.25) is 0 Å². The molecule has 0 bridgehead atoms. The topological polar surface area (TPSA) is 44.5 Å². The van der Waals surface area contributed by atoms with E-state index in [1.807, 2.05) is 17.1 Å². The molecule has 0 unspecified atom stereocenters. The van der Waals surface area contributed by atoms with Gasteiger partial charge in [0.15, 0.2) is 0 Å². The molecule has 0 amide bonds. The molecule has 5 nitrogen and oxygen atoms in total. The molecule has 6 heteroatoms. The molecular formula is C11H19BrN4O. The van der Waals surface area contributed by atoms with Crippen LogP contribution in [-0.4, -0.2) is 70.6 Å². The maximum atomic E-state index is 8.87. The first-order valence-corrected chi connectivity index (χ1v) is 6.81.